The molecule has 0 atom stereocenters. The van der Waals surface area contributed by atoms with E-state index in [1.807, 2.05) is 0 Å². The second kappa shape index (κ2) is 2.85. The van der Waals surface area contributed by atoms with Crippen LogP contribution in [0, 0.1) is 10.4 Å². The van der Waals surface area contributed by atoms with Crippen LogP contribution in [0.4, 0.5) is 0 Å². The van der Waals surface area contributed by atoms with Gasteiger partial charge in [0, 0.05) is 0 Å². The van der Waals surface area contributed by atoms with Gasteiger partial charge in [0.2, 0.25) is 0 Å². The molecule has 2 aliphatic rings. The summed E-state index contributed by atoms with van der Waals surface area (Å²) in [5, 5.41) is 5.82. The van der Waals surface area contributed by atoms with Gasteiger partial charge in [0.1, 0.15) is 0 Å². The molecule has 0 nitrogen and oxygen atoms in total. The Bertz CT molecular complexity index is 725. The van der Waals surface area contributed by atoms with Crippen molar-refractivity contribution in [2.24, 2.45) is 0 Å². The zero-order valence-electron chi connectivity index (χ0n) is 9.03. The third kappa shape index (κ3) is 0.943. The van der Waals surface area contributed by atoms with Crippen molar-refractivity contribution in [3.8, 4) is 0 Å². The molecule has 0 bridgehead atoms. The normalized spacial score (nSPS) is 14.8. The molecule has 0 heteroatoms. The Morgan fingerprint density at radius 1 is 0.625 bits per heavy atom. The van der Waals surface area contributed by atoms with Crippen molar-refractivity contribution in [1.29, 1.82) is 0 Å². The minimum Gasteiger partial charge on any atom is -0.0722 e. The van der Waals surface area contributed by atoms with Gasteiger partial charge in [-0.05, 0) is 44.8 Å². The van der Waals surface area contributed by atoms with Crippen LogP contribution in [0.5, 0.6) is 0 Å². The molecule has 0 saturated carbocycles. The Morgan fingerprint density at radius 2 is 1.12 bits per heavy atom. The van der Waals surface area contributed by atoms with Gasteiger partial charge in [0.05, 0.1) is 0 Å². The molecule has 0 radical (unpaired) electrons. The fourth-order valence-corrected chi connectivity index (χ4v) is 2.97. The molecule has 16 heavy (non-hydrogen) atoms. The quantitative estimate of drug-likeness (QED) is 0.612. The zero-order chi connectivity index (χ0) is 10.5. The van der Waals surface area contributed by atoms with E-state index in [2.05, 4.69) is 48.6 Å². The van der Waals surface area contributed by atoms with Crippen molar-refractivity contribution in [2.45, 2.75) is 12.8 Å². The van der Waals surface area contributed by atoms with Crippen molar-refractivity contribution in [2.75, 3.05) is 0 Å². The van der Waals surface area contributed by atoms with Crippen LogP contribution in [0.2, 0.25) is 0 Å². The lowest BCUT2D eigenvalue weighted by Crippen LogP contribution is -2.20. The summed E-state index contributed by atoms with van der Waals surface area (Å²) < 4.78 is 0. The van der Waals surface area contributed by atoms with Crippen LogP contribution in [0.15, 0.2) is 36.4 Å². The summed E-state index contributed by atoms with van der Waals surface area (Å²) >= 11 is 0. The van der Waals surface area contributed by atoms with Gasteiger partial charge in [-0.3, -0.25) is 0 Å². The van der Waals surface area contributed by atoms with Crippen LogP contribution >= 0.6 is 0 Å². The van der Waals surface area contributed by atoms with Crippen LogP contribution < -0.4 is 10.4 Å². The average molecular weight is 204 g/mol. The third-order valence-electron chi connectivity index (χ3n) is 3.70. The van der Waals surface area contributed by atoms with Crippen LogP contribution in [0.1, 0.15) is 11.1 Å². The monoisotopic (exact) mass is 204 g/mol. The Morgan fingerprint density at radius 3 is 1.62 bits per heavy atom. The Hall–Kier alpha value is -1.82. The first kappa shape index (κ1) is 8.35. The van der Waals surface area contributed by atoms with E-state index < -0.39 is 0 Å². The van der Waals surface area contributed by atoms with E-state index in [9.17, 15) is 0 Å². The maximum atomic E-state index is 2.36. The number of benzene rings is 2. The van der Waals surface area contributed by atoms with Crippen LogP contribution in [-0.2, 0) is 12.8 Å². The Balaban J connectivity index is 2.52. The minimum absolute atomic E-state index is 1.08. The summed E-state index contributed by atoms with van der Waals surface area (Å²) in [4.78, 5) is 0. The molecule has 0 heterocycles. The largest absolute Gasteiger partial charge is 0.0722 e. The lowest BCUT2D eigenvalue weighted by molar-refractivity contribution is 1.14. The minimum atomic E-state index is 1.08. The first-order valence-electron chi connectivity index (χ1n) is 5.84. The summed E-state index contributed by atoms with van der Waals surface area (Å²) in [5.74, 6) is 0. The van der Waals surface area contributed by atoms with E-state index in [0.29, 0.717) is 0 Å². The highest BCUT2D eigenvalue weighted by molar-refractivity contribution is 5.48. The smallest absolute Gasteiger partial charge is 0.00705 e. The van der Waals surface area contributed by atoms with Crippen LogP contribution in [0.25, 0.3) is 12.2 Å². The molecule has 76 valence electrons. The van der Waals surface area contributed by atoms with E-state index >= 15 is 0 Å². The van der Waals surface area contributed by atoms with Crippen LogP contribution in [-0.4, -0.2) is 0 Å². The van der Waals surface area contributed by atoms with Crippen molar-refractivity contribution < 1.29 is 0 Å². The Labute approximate surface area is 93.9 Å². The molecule has 2 aromatic carbocycles. The lowest BCUT2D eigenvalue weighted by atomic mass is 9.91. The van der Waals surface area contributed by atoms with Gasteiger partial charge >= 0.3 is 0 Å². The van der Waals surface area contributed by atoms with Gasteiger partial charge in [-0.2, -0.15) is 0 Å². The topological polar surface area (TPSA) is 0 Å². The van der Waals surface area contributed by atoms with Gasteiger partial charge in [-0.1, -0.05) is 48.6 Å². The summed E-state index contributed by atoms with van der Waals surface area (Å²) in [6.07, 6.45) is 6.87. The van der Waals surface area contributed by atoms with Crippen molar-refractivity contribution in [3.05, 3.63) is 68.4 Å². The van der Waals surface area contributed by atoms with Crippen molar-refractivity contribution in [1.82, 2.24) is 0 Å². The molecule has 0 spiro atoms. The van der Waals surface area contributed by atoms with E-state index in [1.165, 1.54) is 32.0 Å². The molecular weight excluding hydrogens is 192 g/mol. The number of rotatable bonds is 0. The summed E-state index contributed by atoms with van der Waals surface area (Å²) in [6.45, 7) is 0. The first-order chi connectivity index (χ1) is 7.93. The standard InChI is InChI=1S/C16H12/c1-3-11-7-9-13-5-2-6-14-10-8-12(4-1)15(11)16(13)14/h1-7,10H,8-9H2. The van der Waals surface area contributed by atoms with Gasteiger partial charge in [-0.15, -0.1) is 0 Å². The number of hydrogen-bond acceptors (Lipinski definition) is 0. The highest BCUT2D eigenvalue weighted by Gasteiger charge is 2.08. The fourth-order valence-electron chi connectivity index (χ4n) is 2.97. The molecule has 2 aliphatic carbocycles. The second-order valence-electron chi connectivity index (χ2n) is 4.58. The molecule has 0 amide bonds. The highest BCUT2D eigenvalue weighted by Crippen LogP contribution is 2.12. The zero-order valence-corrected chi connectivity index (χ0v) is 9.03. The van der Waals surface area contributed by atoms with Crippen molar-refractivity contribution in [3.63, 3.8) is 0 Å². The molecule has 0 N–H and O–H groups in total. The van der Waals surface area contributed by atoms with Crippen molar-refractivity contribution >= 4 is 12.2 Å². The molecule has 4 rings (SSSR count). The van der Waals surface area contributed by atoms with Gasteiger partial charge in [0.15, 0.2) is 0 Å². The maximum absolute atomic E-state index is 2.36. The SMILES string of the molecule is C1=c2cccc3c2=c2c(cccc2=CC3)C1. The maximum Gasteiger partial charge on any atom is -0.00705 e. The summed E-state index contributed by atoms with van der Waals surface area (Å²) in [6, 6.07) is 13.4. The highest BCUT2D eigenvalue weighted by atomic mass is 14.1. The van der Waals surface area contributed by atoms with Crippen LogP contribution in [0.3, 0.4) is 0 Å². The molecule has 0 aliphatic heterocycles. The van der Waals surface area contributed by atoms with Gasteiger partial charge in [0.25, 0.3) is 0 Å². The van der Waals surface area contributed by atoms with E-state index in [1.54, 1.807) is 0 Å². The van der Waals surface area contributed by atoms with E-state index in [0.717, 1.165) is 12.8 Å². The molecule has 0 unspecified atom stereocenters. The molecule has 0 saturated heterocycles. The molecule has 2 aromatic rings. The molecule has 0 fully saturated rings. The third-order valence-corrected chi connectivity index (χ3v) is 3.70. The Kier molecular flexibility index (Phi) is 1.49. The summed E-state index contributed by atoms with van der Waals surface area (Å²) in [7, 11) is 0. The lowest BCUT2D eigenvalue weighted by Gasteiger charge is -2.13. The second-order valence-corrected chi connectivity index (χ2v) is 4.58. The predicted octanol–water partition coefficient (Wildman–Crippen LogP) is 1.65. The summed E-state index contributed by atoms with van der Waals surface area (Å²) in [5.41, 5.74) is 2.96. The average Bonchev–Trinajstić information content (AvgIpc) is 2.36. The molecular formula is C16H12. The van der Waals surface area contributed by atoms with E-state index in [4.69, 9.17) is 0 Å². The fraction of sp³-hybridized carbons (Fsp3) is 0.125. The predicted molar refractivity (Wildman–Crippen MR) is 66.1 cm³/mol. The molecule has 0 aromatic heterocycles. The first-order valence-corrected chi connectivity index (χ1v) is 5.84. The van der Waals surface area contributed by atoms with E-state index in [-0.39, 0.29) is 0 Å². The number of hydrogen-bond donors (Lipinski definition) is 0. The van der Waals surface area contributed by atoms with Gasteiger partial charge < -0.3 is 0 Å². The van der Waals surface area contributed by atoms with Gasteiger partial charge in [-0.25, -0.2) is 0 Å².